The van der Waals surface area contributed by atoms with E-state index in [1.54, 1.807) is 18.2 Å². The summed E-state index contributed by atoms with van der Waals surface area (Å²) in [7, 11) is -3.95. The molecule has 0 aromatic heterocycles. The number of carbonyl (C=O) groups is 1. The highest BCUT2D eigenvalue weighted by Gasteiger charge is 2.23. The predicted molar refractivity (Wildman–Crippen MR) is 87.6 cm³/mol. The molecule has 2 aromatic carbocycles. The van der Waals surface area contributed by atoms with Crippen molar-refractivity contribution in [1.82, 2.24) is 4.72 Å². The van der Waals surface area contributed by atoms with Gasteiger partial charge in [0.05, 0.1) is 6.04 Å². The first-order valence-electron chi connectivity index (χ1n) is 6.51. The van der Waals surface area contributed by atoms with Crippen LogP contribution >= 0.6 is 15.9 Å². The molecule has 0 aliphatic rings. The fraction of sp³-hybridized carbons (Fsp3) is 0.133. The minimum atomic E-state index is -3.95. The third-order valence-corrected chi connectivity index (χ3v) is 5.36. The average molecular weight is 383 g/mol. The Balaban J connectivity index is 2.09. The Labute approximate surface area is 137 Å². The van der Waals surface area contributed by atoms with Crippen LogP contribution in [0, 0.1) is 0 Å². The highest BCUT2D eigenvalue weighted by Crippen LogP contribution is 2.20. The summed E-state index contributed by atoms with van der Waals surface area (Å²) in [5.74, 6) is -0.736. The predicted octanol–water partition coefficient (Wildman–Crippen LogP) is 1.82. The van der Waals surface area contributed by atoms with Gasteiger partial charge in [-0.3, -0.25) is 4.79 Å². The molecule has 0 unspecified atom stereocenters. The number of benzene rings is 2. The lowest BCUT2D eigenvalue weighted by atomic mass is 10.1. The van der Waals surface area contributed by atoms with Crippen molar-refractivity contribution < 1.29 is 13.2 Å². The molecule has 1 atom stereocenters. The summed E-state index contributed by atoms with van der Waals surface area (Å²) in [5, 5.41) is 0. The Hall–Kier alpha value is -1.70. The molecule has 0 heterocycles. The molecule has 22 heavy (non-hydrogen) atoms. The van der Waals surface area contributed by atoms with Gasteiger partial charge in [0.15, 0.2) is 0 Å². The molecule has 3 N–H and O–H groups in total. The second-order valence-electron chi connectivity index (χ2n) is 4.70. The van der Waals surface area contributed by atoms with Crippen LogP contribution in [0.4, 0.5) is 0 Å². The van der Waals surface area contributed by atoms with Crippen LogP contribution in [0.15, 0.2) is 64.0 Å². The van der Waals surface area contributed by atoms with Gasteiger partial charge in [-0.05, 0) is 40.0 Å². The summed E-state index contributed by atoms with van der Waals surface area (Å²) in [6, 6.07) is 14.5. The van der Waals surface area contributed by atoms with Gasteiger partial charge in [0.25, 0.3) is 15.9 Å². The van der Waals surface area contributed by atoms with E-state index in [1.807, 2.05) is 35.1 Å². The maximum atomic E-state index is 12.2. The van der Waals surface area contributed by atoms with Crippen molar-refractivity contribution in [2.24, 2.45) is 5.73 Å². The molecule has 7 heteroatoms. The number of carbonyl (C=O) groups excluding carboxylic acids is 1. The molecule has 0 saturated heterocycles. The lowest BCUT2D eigenvalue weighted by Crippen LogP contribution is -2.44. The van der Waals surface area contributed by atoms with Crippen molar-refractivity contribution >= 4 is 31.9 Å². The lowest BCUT2D eigenvalue weighted by Gasteiger charge is -2.13. The number of nitrogens with two attached hydrogens (primary N) is 1. The van der Waals surface area contributed by atoms with Crippen molar-refractivity contribution in [1.29, 1.82) is 0 Å². The largest absolute Gasteiger partial charge is 0.320 e. The van der Waals surface area contributed by atoms with Gasteiger partial charge in [-0.15, -0.1) is 0 Å². The maximum Gasteiger partial charge on any atom is 0.265 e. The second-order valence-corrected chi connectivity index (χ2v) is 7.20. The number of sulfonamides is 1. The Morgan fingerprint density at radius 3 is 2.32 bits per heavy atom. The number of rotatable bonds is 5. The highest BCUT2D eigenvalue weighted by atomic mass is 79.9. The molecule has 2 rings (SSSR count). The molecule has 0 aliphatic heterocycles. The van der Waals surface area contributed by atoms with Crippen LogP contribution in [0.2, 0.25) is 0 Å². The van der Waals surface area contributed by atoms with Gasteiger partial charge in [-0.1, -0.05) is 42.5 Å². The van der Waals surface area contributed by atoms with E-state index < -0.39 is 22.0 Å². The number of nitrogens with one attached hydrogen (secondary N) is 1. The minimum Gasteiger partial charge on any atom is -0.320 e. The fourth-order valence-electron chi connectivity index (χ4n) is 1.89. The van der Waals surface area contributed by atoms with Gasteiger partial charge in [-0.2, -0.15) is 0 Å². The van der Waals surface area contributed by atoms with E-state index in [2.05, 4.69) is 15.9 Å². The molecule has 1 amide bonds. The summed E-state index contributed by atoms with van der Waals surface area (Å²) >= 11 is 3.15. The van der Waals surface area contributed by atoms with Crippen LogP contribution in [0.25, 0.3) is 0 Å². The zero-order valence-corrected chi connectivity index (χ0v) is 14.0. The fourth-order valence-corrected chi connectivity index (χ4v) is 3.92. The van der Waals surface area contributed by atoms with Gasteiger partial charge in [-0.25, -0.2) is 13.1 Å². The van der Waals surface area contributed by atoms with Crippen molar-refractivity contribution in [3.63, 3.8) is 0 Å². The number of hydrogen-bond acceptors (Lipinski definition) is 4. The molecule has 5 nitrogen and oxygen atoms in total. The normalized spacial score (nSPS) is 12.6. The van der Waals surface area contributed by atoms with Gasteiger partial charge in [0.2, 0.25) is 0 Å². The molecule has 0 spiro atoms. The minimum absolute atomic E-state index is 0.00439. The summed E-state index contributed by atoms with van der Waals surface area (Å²) in [6.07, 6.45) is 0.262. The van der Waals surface area contributed by atoms with Crippen LogP contribution in [0.5, 0.6) is 0 Å². The van der Waals surface area contributed by atoms with Crippen LogP contribution in [0.3, 0.4) is 0 Å². The van der Waals surface area contributed by atoms with Gasteiger partial charge in [0.1, 0.15) is 4.90 Å². The van der Waals surface area contributed by atoms with Gasteiger partial charge >= 0.3 is 0 Å². The van der Waals surface area contributed by atoms with Crippen LogP contribution in [0.1, 0.15) is 5.56 Å². The van der Waals surface area contributed by atoms with Crippen LogP contribution in [-0.2, 0) is 21.2 Å². The topological polar surface area (TPSA) is 89.3 Å². The monoisotopic (exact) mass is 382 g/mol. The lowest BCUT2D eigenvalue weighted by molar-refractivity contribution is -0.120. The zero-order chi connectivity index (χ0) is 16.2. The second kappa shape index (κ2) is 7.04. The Morgan fingerprint density at radius 2 is 1.68 bits per heavy atom. The van der Waals surface area contributed by atoms with E-state index in [4.69, 9.17) is 5.73 Å². The van der Waals surface area contributed by atoms with Crippen molar-refractivity contribution in [3.8, 4) is 0 Å². The van der Waals surface area contributed by atoms with Crippen LogP contribution < -0.4 is 10.5 Å². The SMILES string of the molecule is N[C@@H](Cc1ccccc1)C(=O)NS(=O)(=O)c1ccccc1Br. The van der Waals surface area contributed by atoms with E-state index >= 15 is 0 Å². The van der Waals surface area contributed by atoms with Crippen LogP contribution in [-0.4, -0.2) is 20.4 Å². The third-order valence-electron chi connectivity index (χ3n) is 3.00. The van der Waals surface area contributed by atoms with Crippen molar-refractivity contribution in [2.45, 2.75) is 17.4 Å². The number of halogens is 1. The smallest absolute Gasteiger partial charge is 0.265 e. The molecule has 0 aliphatic carbocycles. The van der Waals surface area contributed by atoms with Gasteiger partial charge in [0, 0.05) is 4.47 Å². The van der Waals surface area contributed by atoms with Gasteiger partial charge < -0.3 is 5.73 Å². The van der Waals surface area contributed by atoms with E-state index in [0.29, 0.717) is 4.47 Å². The Morgan fingerprint density at radius 1 is 1.09 bits per heavy atom. The summed E-state index contributed by atoms with van der Waals surface area (Å²) in [5.41, 5.74) is 6.65. The van der Waals surface area contributed by atoms with Crippen molar-refractivity contribution in [3.05, 3.63) is 64.6 Å². The molecule has 0 radical (unpaired) electrons. The Kier molecular flexibility index (Phi) is 5.33. The Bertz CT molecular complexity index is 763. The van der Waals surface area contributed by atoms with Crippen molar-refractivity contribution in [2.75, 3.05) is 0 Å². The van der Waals surface area contributed by atoms with E-state index in [0.717, 1.165) is 5.56 Å². The van der Waals surface area contributed by atoms with E-state index in [9.17, 15) is 13.2 Å². The standard InChI is InChI=1S/C15H15BrN2O3S/c16-12-8-4-5-9-14(12)22(20,21)18-15(19)13(17)10-11-6-2-1-3-7-11/h1-9,13H,10,17H2,(H,18,19)/t13-/m0/s1. The molecular formula is C15H15BrN2O3S. The molecule has 0 saturated carbocycles. The summed E-state index contributed by atoms with van der Waals surface area (Å²) < 4.78 is 26.8. The summed E-state index contributed by atoms with van der Waals surface area (Å²) in [6.45, 7) is 0. The zero-order valence-electron chi connectivity index (χ0n) is 11.6. The average Bonchev–Trinajstić information content (AvgIpc) is 2.48. The molecular weight excluding hydrogens is 368 g/mol. The molecule has 0 fully saturated rings. The number of hydrogen-bond donors (Lipinski definition) is 2. The van der Waals surface area contributed by atoms with E-state index in [-0.39, 0.29) is 11.3 Å². The highest BCUT2D eigenvalue weighted by molar-refractivity contribution is 9.10. The molecule has 116 valence electrons. The quantitative estimate of drug-likeness (QED) is 0.825. The molecule has 2 aromatic rings. The first-order valence-corrected chi connectivity index (χ1v) is 8.78. The van der Waals surface area contributed by atoms with E-state index in [1.165, 1.54) is 6.07 Å². The maximum absolute atomic E-state index is 12.2. The number of amides is 1. The first kappa shape index (κ1) is 16.7. The first-order chi connectivity index (χ1) is 10.4. The summed E-state index contributed by atoms with van der Waals surface area (Å²) in [4.78, 5) is 12.0. The third kappa shape index (κ3) is 4.16. The molecule has 0 bridgehead atoms.